The van der Waals surface area contributed by atoms with E-state index in [0.29, 0.717) is 12.8 Å². The second-order valence-corrected chi connectivity index (χ2v) is 4.60. The number of carbonyl (C=O) groups is 2. The van der Waals surface area contributed by atoms with E-state index in [2.05, 4.69) is 10.6 Å². The molecule has 116 valence electrons. The molecule has 1 unspecified atom stereocenters. The molecule has 5 nitrogen and oxygen atoms in total. The zero-order valence-electron chi connectivity index (χ0n) is 11.7. The number of hydrogen-bond donors (Lipinski definition) is 3. The number of carbonyl (C=O) groups excluding carboxylic acids is 1. The van der Waals surface area contributed by atoms with Crippen molar-refractivity contribution in [2.45, 2.75) is 38.8 Å². The molecule has 7 heteroatoms. The SMILES string of the molecule is CCCCC(NC(=O)NCc1ccc(F)cc1F)C(=O)O. The molecule has 0 saturated heterocycles. The van der Waals surface area contributed by atoms with Crippen LogP contribution in [0.15, 0.2) is 18.2 Å². The molecule has 21 heavy (non-hydrogen) atoms. The first-order chi connectivity index (χ1) is 9.93. The number of urea groups is 1. The summed E-state index contributed by atoms with van der Waals surface area (Å²) in [6, 6.07) is 1.33. The van der Waals surface area contributed by atoms with Crippen molar-refractivity contribution in [3.8, 4) is 0 Å². The number of unbranched alkanes of at least 4 members (excludes halogenated alkanes) is 1. The van der Waals surface area contributed by atoms with Crippen LogP contribution in [0.3, 0.4) is 0 Å². The molecule has 2 amide bonds. The number of halogens is 2. The third-order valence-corrected chi connectivity index (χ3v) is 2.90. The maximum atomic E-state index is 13.4. The number of amides is 2. The second kappa shape index (κ2) is 8.18. The molecule has 1 aromatic rings. The predicted molar refractivity (Wildman–Crippen MR) is 72.7 cm³/mol. The lowest BCUT2D eigenvalue weighted by Gasteiger charge is -2.15. The number of rotatable bonds is 7. The number of hydrogen-bond acceptors (Lipinski definition) is 2. The zero-order valence-corrected chi connectivity index (χ0v) is 11.7. The summed E-state index contributed by atoms with van der Waals surface area (Å²) in [6.07, 6.45) is 1.81. The number of nitrogens with one attached hydrogen (secondary N) is 2. The van der Waals surface area contributed by atoms with Gasteiger partial charge in [0.2, 0.25) is 0 Å². The van der Waals surface area contributed by atoms with Gasteiger partial charge in [0.25, 0.3) is 0 Å². The lowest BCUT2D eigenvalue weighted by Crippen LogP contribution is -2.45. The van der Waals surface area contributed by atoms with Gasteiger partial charge in [0.15, 0.2) is 0 Å². The van der Waals surface area contributed by atoms with E-state index in [4.69, 9.17) is 5.11 Å². The molecule has 1 aromatic carbocycles. The maximum absolute atomic E-state index is 13.4. The lowest BCUT2D eigenvalue weighted by molar-refractivity contribution is -0.139. The van der Waals surface area contributed by atoms with E-state index in [1.807, 2.05) is 6.92 Å². The van der Waals surface area contributed by atoms with E-state index in [-0.39, 0.29) is 12.1 Å². The van der Waals surface area contributed by atoms with E-state index in [1.54, 1.807) is 0 Å². The third kappa shape index (κ3) is 5.76. The van der Waals surface area contributed by atoms with Crippen LogP contribution < -0.4 is 10.6 Å². The maximum Gasteiger partial charge on any atom is 0.326 e. The van der Waals surface area contributed by atoms with E-state index < -0.39 is 29.7 Å². The molecule has 0 aromatic heterocycles. The Morgan fingerprint density at radius 2 is 2.05 bits per heavy atom. The highest BCUT2D eigenvalue weighted by atomic mass is 19.1. The van der Waals surface area contributed by atoms with Crippen molar-refractivity contribution in [2.75, 3.05) is 0 Å². The Morgan fingerprint density at radius 3 is 2.62 bits per heavy atom. The molecule has 0 heterocycles. The van der Waals surface area contributed by atoms with Gasteiger partial charge in [0.1, 0.15) is 17.7 Å². The van der Waals surface area contributed by atoms with Gasteiger partial charge in [-0.15, -0.1) is 0 Å². The Morgan fingerprint density at radius 1 is 1.33 bits per heavy atom. The van der Waals surface area contributed by atoms with E-state index >= 15 is 0 Å². The summed E-state index contributed by atoms with van der Waals surface area (Å²) >= 11 is 0. The Balaban J connectivity index is 2.50. The average molecular weight is 300 g/mol. The molecule has 0 fully saturated rings. The van der Waals surface area contributed by atoms with E-state index in [0.717, 1.165) is 18.6 Å². The Labute approximate surface area is 121 Å². The topological polar surface area (TPSA) is 78.4 Å². The van der Waals surface area contributed by atoms with Gasteiger partial charge in [-0.3, -0.25) is 0 Å². The summed E-state index contributed by atoms with van der Waals surface area (Å²) in [5, 5.41) is 13.6. The fraction of sp³-hybridized carbons (Fsp3) is 0.429. The number of aliphatic carboxylic acids is 1. The first-order valence-electron chi connectivity index (χ1n) is 6.65. The second-order valence-electron chi connectivity index (χ2n) is 4.60. The molecule has 1 rings (SSSR count). The van der Waals surface area contributed by atoms with Crippen molar-refractivity contribution in [1.82, 2.24) is 10.6 Å². The van der Waals surface area contributed by atoms with E-state index in [9.17, 15) is 18.4 Å². The quantitative estimate of drug-likeness (QED) is 0.723. The molecule has 0 bridgehead atoms. The minimum absolute atomic E-state index is 0.118. The molecule has 0 saturated carbocycles. The monoisotopic (exact) mass is 300 g/mol. The van der Waals surface area contributed by atoms with Crippen LogP contribution in [0.1, 0.15) is 31.7 Å². The minimum Gasteiger partial charge on any atom is -0.480 e. The van der Waals surface area contributed by atoms with Gasteiger partial charge in [-0.05, 0) is 12.5 Å². The van der Waals surface area contributed by atoms with Crippen LogP contribution in [-0.2, 0) is 11.3 Å². The van der Waals surface area contributed by atoms with Gasteiger partial charge >= 0.3 is 12.0 Å². The highest BCUT2D eigenvalue weighted by Crippen LogP contribution is 2.09. The van der Waals surface area contributed by atoms with Crippen LogP contribution in [0.2, 0.25) is 0 Å². The first-order valence-corrected chi connectivity index (χ1v) is 6.65. The van der Waals surface area contributed by atoms with Gasteiger partial charge in [0, 0.05) is 18.2 Å². The molecule has 0 aliphatic rings. The van der Waals surface area contributed by atoms with E-state index in [1.165, 1.54) is 6.07 Å². The molecular formula is C14H18F2N2O3. The minimum atomic E-state index is -1.12. The van der Waals surface area contributed by atoms with Crippen molar-refractivity contribution in [2.24, 2.45) is 0 Å². The predicted octanol–water partition coefficient (Wildman–Crippen LogP) is 2.41. The summed E-state index contributed by atoms with van der Waals surface area (Å²) < 4.78 is 26.1. The molecule has 0 radical (unpaired) electrons. The Kier molecular flexibility index (Phi) is 6.58. The molecule has 0 aliphatic heterocycles. The fourth-order valence-corrected chi connectivity index (χ4v) is 1.72. The van der Waals surface area contributed by atoms with Gasteiger partial charge in [-0.2, -0.15) is 0 Å². The summed E-state index contributed by atoms with van der Waals surface area (Å²) in [7, 11) is 0. The summed E-state index contributed by atoms with van der Waals surface area (Å²) in [5.74, 6) is -2.59. The van der Waals surface area contributed by atoms with Crippen molar-refractivity contribution in [3.05, 3.63) is 35.4 Å². The fourth-order valence-electron chi connectivity index (χ4n) is 1.72. The lowest BCUT2D eigenvalue weighted by atomic mass is 10.1. The molecule has 1 atom stereocenters. The van der Waals surface area contributed by atoms with Crippen LogP contribution in [0.4, 0.5) is 13.6 Å². The van der Waals surface area contributed by atoms with Crippen LogP contribution >= 0.6 is 0 Å². The Bertz CT molecular complexity index is 509. The van der Waals surface area contributed by atoms with Gasteiger partial charge < -0.3 is 15.7 Å². The van der Waals surface area contributed by atoms with Crippen LogP contribution in [-0.4, -0.2) is 23.1 Å². The Hall–Kier alpha value is -2.18. The number of carboxylic acid groups (broad SMARTS) is 1. The van der Waals surface area contributed by atoms with Gasteiger partial charge in [-0.1, -0.05) is 25.8 Å². The molecule has 0 aliphatic carbocycles. The van der Waals surface area contributed by atoms with Gasteiger partial charge in [-0.25, -0.2) is 18.4 Å². The first kappa shape index (κ1) is 16.9. The third-order valence-electron chi connectivity index (χ3n) is 2.90. The largest absolute Gasteiger partial charge is 0.480 e. The van der Waals surface area contributed by atoms with Crippen LogP contribution in [0.25, 0.3) is 0 Å². The van der Waals surface area contributed by atoms with Crippen molar-refractivity contribution in [3.63, 3.8) is 0 Å². The molecular weight excluding hydrogens is 282 g/mol. The number of carboxylic acids is 1. The summed E-state index contributed by atoms with van der Waals surface area (Å²) in [6.45, 7) is 1.76. The van der Waals surface area contributed by atoms with Crippen LogP contribution in [0.5, 0.6) is 0 Å². The molecule has 0 spiro atoms. The van der Waals surface area contributed by atoms with Crippen LogP contribution in [0, 0.1) is 11.6 Å². The summed E-state index contributed by atoms with van der Waals surface area (Å²) in [5.41, 5.74) is 0.118. The number of benzene rings is 1. The van der Waals surface area contributed by atoms with Crippen molar-refractivity contribution < 1.29 is 23.5 Å². The van der Waals surface area contributed by atoms with Gasteiger partial charge in [0.05, 0.1) is 0 Å². The smallest absolute Gasteiger partial charge is 0.326 e. The zero-order chi connectivity index (χ0) is 15.8. The van der Waals surface area contributed by atoms with Crippen molar-refractivity contribution >= 4 is 12.0 Å². The van der Waals surface area contributed by atoms with Crippen molar-refractivity contribution in [1.29, 1.82) is 0 Å². The normalized spacial score (nSPS) is 11.8. The highest BCUT2D eigenvalue weighted by Gasteiger charge is 2.19. The molecule has 3 N–H and O–H groups in total. The summed E-state index contributed by atoms with van der Waals surface area (Å²) in [4.78, 5) is 22.6. The highest BCUT2D eigenvalue weighted by molar-refractivity contribution is 5.82. The average Bonchev–Trinajstić information content (AvgIpc) is 2.42. The standard InChI is InChI=1S/C14H18F2N2O3/c1-2-3-4-12(13(19)20)18-14(21)17-8-9-5-6-10(15)7-11(9)16/h5-7,12H,2-4,8H2,1H3,(H,19,20)(H2,17,18,21).